The van der Waals surface area contributed by atoms with E-state index in [0.29, 0.717) is 43.9 Å². The van der Waals surface area contributed by atoms with Crippen molar-refractivity contribution in [3.63, 3.8) is 0 Å². The Kier molecular flexibility index (Phi) is 7.00. The second-order valence-corrected chi connectivity index (χ2v) is 8.37. The van der Waals surface area contributed by atoms with Crippen LogP contribution in [0.5, 0.6) is 0 Å². The van der Waals surface area contributed by atoms with E-state index >= 15 is 0 Å². The average Bonchev–Trinajstić information content (AvgIpc) is 2.81. The third-order valence-corrected chi connectivity index (χ3v) is 5.86. The van der Waals surface area contributed by atoms with E-state index in [1.165, 1.54) is 6.92 Å². The molecule has 0 aromatic heterocycles. The number of benzene rings is 3. The van der Waals surface area contributed by atoms with E-state index in [-0.39, 0.29) is 23.6 Å². The predicted octanol–water partition coefficient (Wildman–Crippen LogP) is 4.09. The van der Waals surface area contributed by atoms with Gasteiger partial charge in [0.25, 0.3) is 0 Å². The SMILES string of the molecule is CC(=O)Nc1ccc(NC(=O)C2CCN(CC(=O)Nc3cccc4ccccc34)CC2)cc1. The van der Waals surface area contributed by atoms with Gasteiger partial charge in [-0.15, -0.1) is 0 Å². The molecule has 1 aliphatic rings. The zero-order valence-corrected chi connectivity index (χ0v) is 18.6. The molecule has 1 heterocycles. The first-order chi connectivity index (χ1) is 16.0. The fraction of sp³-hybridized carbons (Fsp3) is 0.269. The number of anilines is 3. The maximum atomic E-state index is 12.6. The summed E-state index contributed by atoms with van der Waals surface area (Å²) < 4.78 is 0. The highest BCUT2D eigenvalue weighted by molar-refractivity contribution is 6.02. The molecule has 3 amide bonds. The van der Waals surface area contributed by atoms with E-state index in [0.717, 1.165) is 16.5 Å². The highest BCUT2D eigenvalue weighted by Crippen LogP contribution is 2.24. The van der Waals surface area contributed by atoms with E-state index in [2.05, 4.69) is 20.9 Å². The quantitative estimate of drug-likeness (QED) is 0.534. The molecule has 0 spiro atoms. The summed E-state index contributed by atoms with van der Waals surface area (Å²) in [6.45, 7) is 3.16. The van der Waals surface area contributed by atoms with Gasteiger partial charge in [-0.3, -0.25) is 19.3 Å². The number of rotatable bonds is 6. The first kappa shape index (κ1) is 22.5. The van der Waals surface area contributed by atoms with Crippen LogP contribution in [0, 0.1) is 5.92 Å². The number of nitrogens with zero attached hydrogens (tertiary/aromatic N) is 1. The zero-order valence-electron chi connectivity index (χ0n) is 18.6. The minimum atomic E-state index is -0.135. The van der Waals surface area contributed by atoms with Crippen molar-refractivity contribution in [3.8, 4) is 0 Å². The predicted molar refractivity (Wildman–Crippen MR) is 131 cm³/mol. The summed E-state index contributed by atoms with van der Waals surface area (Å²) in [4.78, 5) is 38.5. The lowest BCUT2D eigenvalue weighted by Gasteiger charge is -2.30. The Morgan fingerprint density at radius 1 is 0.818 bits per heavy atom. The molecule has 3 aromatic rings. The van der Waals surface area contributed by atoms with Gasteiger partial charge in [0.2, 0.25) is 17.7 Å². The molecule has 0 atom stereocenters. The number of nitrogens with one attached hydrogen (secondary N) is 3. The number of amides is 3. The van der Waals surface area contributed by atoms with Gasteiger partial charge in [-0.1, -0.05) is 36.4 Å². The number of hydrogen-bond acceptors (Lipinski definition) is 4. The lowest BCUT2D eigenvalue weighted by atomic mass is 9.95. The van der Waals surface area contributed by atoms with Gasteiger partial charge in [0.15, 0.2) is 0 Å². The largest absolute Gasteiger partial charge is 0.326 e. The molecular weight excluding hydrogens is 416 g/mol. The standard InChI is InChI=1S/C26H28N4O3/c1-18(31)27-21-9-11-22(12-10-21)28-26(33)20-13-15-30(16-14-20)17-25(32)29-24-8-4-6-19-5-2-3-7-23(19)24/h2-12,20H,13-17H2,1H3,(H,27,31)(H,28,33)(H,29,32). The Balaban J connectivity index is 1.25. The molecule has 0 saturated carbocycles. The van der Waals surface area contributed by atoms with Gasteiger partial charge in [0, 0.05) is 35.3 Å². The summed E-state index contributed by atoms with van der Waals surface area (Å²) in [7, 11) is 0. The molecule has 33 heavy (non-hydrogen) atoms. The first-order valence-corrected chi connectivity index (χ1v) is 11.2. The monoisotopic (exact) mass is 444 g/mol. The summed E-state index contributed by atoms with van der Waals surface area (Å²) in [5, 5.41) is 10.8. The van der Waals surface area contributed by atoms with Crippen LogP contribution in [0.1, 0.15) is 19.8 Å². The number of carbonyl (C=O) groups excluding carboxylic acids is 3. The van der Waals surface area contributed by atoms with Gasteiger partial charge < -0.3 is 16.0 Å². The molecule has 4 rings (SSSR count). The first-order valence-electron chi connectivity index (χ1n) is 11.2. The van der Waals surface area contributed by atoms with E-state index in [4.69, 9.17) is 0 Å². The zero-order chi connectivity index (χ0) is 23.2. The second kappa shape index (κ2) is 10.3. The molecule has 3 aromatic carbocycles. The molecule has 1 fully saturated rings. The van der Waals surface area contributed by atoms with Crippen LogP contribution in [-0.4, -0.2) is 42.3 Å². The molecule has 0 unspecified atom stereocenters. The maximum Gasteiger partial charge on any atom is 0.238 e. The topological polar surface area (TPSA) is 90.5 Å². The van der Waals surface area contributed by atoms with Crippen LogP contribution >= 0.6 is 0 Å². The molecule has 0 aliphatic carbocycles. The Labute approximate surface area is 193 Å². The number of likely N-dealkylation sites (tertiary alicyclic amines) is 1. The van der Waals surface area contributed by atoms with Crippen LogP contribution in [0.4, 0.5) is 17.1 Å². The second-order valence-electron chi connectivity index (χ2n) is 8.37. The number of piperidine rings is 1. The summed E-state index contributed by atoms with van der Waals surface area (Å²) in [6.07, 6.45) is 1.41. The van der Waals surface area contributed by atoms with Crippen LogP contribution in [0.15, 0.2) is 66.7 Å². The number of hydrogen-bond donors (Lipinski definition) is 3. The smallest absolute Gasteiger partial charge is 0.238 e. The summed E-state index contributed by atoms with van der Waals surface area (Å²) >= 11 is 0. The van der Waals surface area contributed by atoms with Crippen LogP contribution in [0.2, 0.25) is 0 Å². The van der Waals surface area contributed by atoms with Gasteiger partial charge in [-0.25, -0.2) is 0 Å². The fourth-order valence-corrected chi connectivity index (χ4v) is 4.16. The Morgan fingerprint density at radius 2 is 1.45 bits per heavy atom. The van der Waals surface area contributed by atoms with Crippen LogP contribution in [0.3, 0.4) is 0 Å². The molecule has 1 saturated heterocycles. The van der Waals surface area contributed by atoms with Crippen molar-refractivity contribution in [1.82, 2.24) is 4.90 Å². The Morgan fingerprint density at radius 3 is 2.15 bits per heavy atom. The van der Waals surface area contributed by atoms with Crippen molar-refractivity contribution < 1.29 is 14.4 Å². The molecule has 7 heteroatoms. The minimum Gasteiger partial charge on any atom is -0.326 e. The molecular formula is C26H28N4O3. The third kappa shape index (κ3) is 5.96. The van der Waals surface area contributed by atoms with Gasteiger partial charge >= 0.3 is 0 Å². The van der Waals surface area contributed by atoms with E-state index in [1.807, 2.05) is 42.5 Å². The molecule has 0 bridgehead atoms. The Hall–Kier alpha value is -3.71. The van der Waals surface area contributed by atoms with Gasteiger partial charge in [-0.2, -0.15) is 0 Å². The lowest BCUT2D eigenvalue weighted by Crippen LogP contribution is -2.41. The van der Waals surface area contributed by atoms with Crippen molar-refractivity contribution in [2.45, 2.75) is 19.8 Å². The van der Waals surface area contributed by atoms with Crippen molar-refractivity contribution >= 4 is 45.6 Å². The van der Waals surface area contributed by atoms with Crippen molar-refractivity contribution in [2.75, 3.05) is 35.6 Å². The molecule has 3 N–H and O–H groups in total. The van der Waals surface area contributed by atoms with Crippen LogP contribution in [0.25, 0.3) is 10.8 Å². The number of carbonyl (C=O) groups is 3. The molecule has 170 valence electrons. The number of fused-ring (bicyclic) bond motifs is 1. The van der Waals surface area contributed by atoms with Crippen LogP contribution < -0.4 is 16.0 Å². The van der Waals surface area contributed by atoms with Gasteiger partial charge in [-0.05, 0) is 61.6 Å². The van der Waals surface area contributed by atoms with Crippen molar-refractivity contribution in [1.29, 1.82) is 0 Å². The van der Waals surface area contributed by atoms with Gasteiger partial charge in [0.05, 0.1) is 6.54 Å². The lowest BCUT2D eigenvalue weighted by molar-refractivity contribution is -0.121. The highest BCUT2D eigenvalue weighted by atomic mass is 16.2. The highest BCUT2D eigenvalue weighted by Gasteiger charge is 2.26. The average molecular weight is 445 g/mol. The summed E-state index contributed by atoms with van der Waals surface area (Å²) in [5.41, 5.74) is 2.21. The maximum absolute atomic E-state index is 12.6. The summed E-state index contributed by atoms with van der Waals surface area (Å²) in [6, 6.07) is 20.9. The minimum absolute atomic E-state index is 0.0119. The molecule has 7 nitrogen and oxygen atoms in total. The summed E-state index contributed by atoms with van der Waals surface area (Å²) in [5.74, 6) is -0.280. The van der Waals surface area contributed by atoms with E-state index in [1.54, 1.807) is 24.3 Å². The van der Waals surface area contributed by atoms with Gasteiger partial charge in [0.1, 0.15) is 0 Å². The van der Waals surface area contributed by atoms with Crippen molar-refractivity contribution in [2.24, 2.45) is 5.92 Å². The normalized spacial score (nSPS) is 14.6. The Bertz CT molecular complexity index is 1150. The van der Waals surface area contributed by atoms with E-state index in [9.17, 15) is 14.4 Å². The van der Waals surface area contributed by atoms with Crippen molar-refractivity contribution in [3.05, 3.63) is 66.7 Å². The van der Waals surface area contributed by atoms with E-state index < -0.39 is 0 Å². The van der Waals surface area contributed by atoms with Crippen LogP contribution in [-0.2, 0) is 14.4 Å². The molecule has 1 aliphatic heterocycles. The third-order valence-electron chi connectivity index (χ3n) is 5.86. The fourth-order valence-electron chi connectivity index (χ4n) is 4.16. The molecule has 0 radical (unpaired) electrons.